The van der Waals surface area contributed by atoms with Gasteiger partial charge in [-0.05, 0) is 49.2 Å². The molecule has 3 rings (SSSR count). The smallest absolute Gasteiger partial charge is 0.253 e. The maximum atomic E-state index is 12.3. The van der Waals surface area contributed by atoms with E-state index in [0.29, 0.717) is 16.8 Å². The number of hydrogen-bond donors (Lipinski definition) is 3. The van der Waals surface area contributed by atoms with Gasteiger partial charge in [-0.3, -0.25) is 14.4 Å². The number of halogens is 1. The van der Waals surface area contributed by atoms with E-state index in [1.54, 1.807) is 48.5 Å². The lowest BCUT2D eigenvalue weighted by molar-refractivity contribution is -0.116. The lowest BCUT2D eigenvalue weighted by Crippen LogP contribution is -2.29. The Balaban J connectivity index is 1.50. The van der Waals surface area contributed by atoms with Crippen molar-refractivity contribution in [2.75, 3.05) is 11.9 Å². The van der Waals surface area contributed by atoms with E-state index < -0.39 is 0 Å². The second kappa shape index (κ2) is 8.81. The second-order valence-corrected chi connectivity index (χ2v) is 7.27. The van der Waals surface area contributed by atoms with Crippen LogP contribution >= 0.6 is 15.9 Å². The van der Waals surface area contributed by atoms with E-state index in [1.165, 1.54) is 0 Å². The first-order valence-electron chi connectivity index (χ1n) is 8.76. The third-order valence-corrected chi connectivity index (χ3v) is 4.63. The fourth-order valence-electron chi connectivity index (χ4n) is 2.49. The number of rotatable bonds is 7. The van der Waals surface area contributed by atoms with Crippen LogP contribution in [0.4, 0.5) is 5.69 Å². The van der Waals surface area contributed by atoms with Crippen LogP contribution in [0.1, 0.15) is 40.0 Å². The molecule has 0 aromatic heterocycles. The van der Waals surface area contributed by atoms with E-state index in [2.05, 4.69) is 31.9 Å². The Labute approximate surface area is 165 Å². The van der Waals surface area contributed by atoms with Crippen LogP contribution in [0, 0.1) is 0 Å². The summed E-state index contributed by atoms with van der Waals surface area (Å²) < 4.78 is 0.891. The zero-order valence-corrected chi connectivity index (χ0v) is 16.2. The number of para-hydroxylation sites is 1. The maximum Gasteiger partial charge on any atom is 0.253 e. The molecule has 2 aromatic carbocycles. The molecule has 1 aliphatic carbocycles. The number of carbonyl (C=O) groups is 3. The van der Waals surface area contributed by atoms with Crippen molar-refractivity contribution in [3.8, 4) is 0 Å². The Hall–Kier alpha value is -2.67. The van der Waals surface area contributed by atoms with Crippen LogP contribution in [-0.4, -0.2) is 30.3 Å². The SMILES string of the molecule is O=C(CCNC(=O)c1ccc(Br)cc1)Nc1ccccc1C(=O)NC1CC1. The molecule has 0 spiro atoms. The number of amides is 3. The quantitative estimate of drug-likeness (QED) is 0.631. The Morgan fingerprint density at radius 2 is 1.67 bits per heavy atom. The molecule has 6 nitrogen and oxygen atoms in total. The third-order valence-electron chi connectivity index (χ3n) is 4.10. The molecule has 0 heterocycles. The minimum absolute atomic E-state index is 0.112. The van der Waals surface area contributed by atoms with E-state index in [4.69, 9.17) is 0 Å². The highest BCUT2D eigenvalue weighted by Gasteiger charge is 2.25. The van der Waals surface area contributed by atoms with Crippen molar-refractivity contribution in [2.24, 2.45) is 0 Å². The average Bonchev–Trinajstić information content (AvgIpc) is 3.46. The van der Waals surface area contributed by atoms with Crippen molar-refractivity contribution in [1.82, 2.24) is 10.6 Å². The van der Waals surface area contributed by atoms with Gasteiger partial charge in [-0.1, -0.05) is 28.1 Å². The van der Waals surface area contributed by atoms with Gasteiger partial charge in [-0.15, -0.1) is 0 Å². The van der Waals surface area contributed by atoms with Crippen LogP contribution in [0.2, 0.25) is 0 Å². The highest BCUT2D eigenvalue weighted by atomic mass is 79.9. The zero-order valence-electron chi connectivity index (χ0n) is 14.6. The van der Waals surface area contributed by atoms with Crippen molar-refractivity contribution in [2.45, 2.75) is 25.3 Å². The van der Waals surface area contributed by atoms with Crippen LogP contribution in [-0.2, 0) is 4.79 Å². The van der Waals surface area contributed by atoms with Gasteiger partial charge in [0.05, 0.1) is 11.3 Å². The van der Waals surface area contributed by atoms with Gasteiger partial charge in [0.25, 0.3) is 11.8 Å². The van der Waals surface area contributed by atoms with Crippen LogP contribution in [0.15, 0.2) is 53.0 Å². The first-order chi connectivity index (χ1) is 13.0. The van der Waals surface area contributed by atoms with Gasteiger partial charge in [0.1, 0.15) is 0 Å². The molecule has 3 amide bonds. The third kappa shape index (κ3) is 5.65. The molecule has 7 heteroatoms. The van der Waals surface area contributed by atoms with Crippen LogP contribution in [0.5, 0.6) is 0 Å². The van der Waals surface area contributed by atoms with E-state index in [1.807, 2.05) is 0 Å². The number of hydrogen-bond acceptors (Lipinski definition) is 3. The van der Waals surface area contributed by atoms with Gasteiger partial charge < -0.3 is 16.0 Å². The first kappa shape index (κ1) is 19.1. The fourth-order valence-corrected chi connectivity index (χ4v) is 2.75. The summed E-state index contributed by atoms with van der Waals surface area (Å²) in [5.41, 5.74) is 1.44. The van der Waals surface area contributed by atoms with E-state index >= 15 is 0 Å². The molecule has 0 unspecified atom stereocenters. The van der Waals surface area contributed by atoms with Gasteiger partial charge in [0.2, 0.25) is 5.91 Å². The molecule has 0 radical (unpaired) electrons. The second-order valence-electron chi connectivity index (χ2n) is 6.35. The van der Waals surface area contributed by atoms with Crippen molar-refractivity contribution >= 4 is 39.3 Å². The molecule has 0 aliphatic heterocycles. The number of benzene rings is 2. The summed E-state index contributed by atoms with van der Waals surface area (Å²) in [6.07, 6.45) is 2.11. The highest BCUT2D eigenvalue weighted by Crippen LogP contribution is 2.21. The fraction of sp³-hybridized carbons (Fsp3) is 0.250. The van der Waals surface area contributed by atoms with Crippen molar-refractivity contribution < 1.29 is 14.4 Å². The molecule has 0 atom stereocenters. The lowest BCUT2D eigenvalue weighted by atomic mass is 10.1. The van der Waals surface area contributed by atoms with Crippen molar-refractivity contribution in [1.29, 1.82) is 0 Å². The predicted octanol–water partition coefficient (Wildman–Crippen LogP) is 3.10. The topological polar surface area (TPSA) is 87.3 Å². The summed E-state index contributed by atoms with van der Waals surface area (Å²) in [4.78, 5) is 36.5. The van der Waals surface area contributed by atoms with Gasteiger partial charge >= 0.3 is 0 Å². The molecule has 27 heavy (non-hydrogen) atoms. The summed E-state index contributed by atoms with van der Waals surface area (Å²) >= 11 is 3.32. The molecule has 140 valence electrons. The Bertz CT molecular complexity index is 848. The van der Waals surface area contributed by atoms with Gasteiger partial charge in [-0.2, -0.15) is 0 Å². The molecule has 1 saturated carbocycles. The number of anilines is 1. The average molecular weight is 430 g/mol. The lowest BCUT2D eigenvalue weighted by Gasteiger charge is -2.11. The minimum atomic E-state index is -0.266. The normalized spacial score (nSPS) is 12.9. The van der Waals surface area contributed by atoms with Crippen molar-refractivity contribution in [3.63, 3.8) is 0 Å². The summed E-state index contributed by atoms with van der Waals surface area (Å²) in [5, 5.41) is 8.37. The Kier molecular flexibility index (Phi) is 6.24. The van der Waals surface area contributed by atoms with Gasteiger partial charge in [-0.25, -0.2) is 0 Å². The van der Waals surface area contributed by atoms with Crippen LogP contribution < -0.4 is 16.0 Å². The largest absolute Gasteiger partial charge is 0.352 e. The zero-order chi connectivity index (χ0) is 19.2. The van der Waals surface area contributed by atoms with E-state index in [-0.39, 0.29) is 36.7 Å². The summed E-state index contributed by atoms with van der Waals surface area (Å²) in [6.45, 7) is 0.206. The Morgan fingerprint density at radius 3 is 2.37 bits per heavy atom. The minimum Gasteiger partial charge on any atom is -0.352 e. The predicted molar refractivity (Wildman–Crippen MR) is 107 cm³/mol. The summed E-state index contributed by atoms with van der Waals surface area (Å²) in [7, 11) is 0. The summed E-state index contributed by atoms with van der Waals surface area (Å²) in [5.74, 6) is -0.686. The maximum absolute atomic E-state index is 12.3. The number of nitrogens with one attached hydrogen (secondary N) is 3. The monoisotopic (exact) mass is 429 g/mol. The standard InChI is InChI=1S/C20H20BrN3O3/c21-14-7-5-13(6-8-14)19(26)22-12-11-18(25)24-17-4-2-1-3-16(17)20(27)23-15-9-10-15/h1-8,15H,9-12H2,(H,22,26)(H,23,27)(H,24,25). The molecule has 2 aromatic rings. The molecular formula is C20H20BrN3O3. The molecular weight excluding hydrogens is 410 g/mol. The van der Waals surface area contributed by atoms with Crippen LogP contribution in [0.25, 0.3) is 0 Å². The van der Waals surface area contributed by atoms with Gasteiger partial charge in [0.15, 0.2) is 0 Å². The van der Waals surface area contributed by atoms with E-state index in [9.17, 15) is 14.4 Å². The first-order valence-corrected chi connectivity index (χ1v) is 9.56. The molecule has 0 bridgehead atoms. The number of carbonyl (C=O) groups excluding carboxylic acids is 3. The molecule has 3 N–H and O–H groups in total. The van der Waals surface area contributed by atoms with Crippen LogP contribution in [0.3, 0.4) is 0 Å². The van der Waals surface area contributed by atoms with Crippen molar-refractivity contribution in [3.05, 3.63) is 64.1 Å². The highest BCUT2D eigenvalue weighted by molar-refractivity contribution is 9.10. The van der Waals surface area contributed by atoms with E-state index in [0.717, 1.165) is 17.3 Å². The summed E-state index contributed by atoms with van der Waals surface area (Å²) in [6, 6.07) is 14.1. The molecule has 1 aliphatic rings. The van der Waals surface area contributed by atoms with Gasteiger partial charge in [0, 0.05) is 29.0 Å². The Morgan fingerprint density at radius 1 is 0.963 bits per heavy atom. The molecule has 1 fully saturated rings. The molecule has 0 saturated heterocycles.